The lowest BCUT2D eigenvalue weighted by Crippen LogP contribution is -2.41. The number of hydrogen-bond acceptors (Lipinski definition) is 2. The van der Waals surface area contributed by atoms with Crippen molar-refractivity contribution in [3.63, 3.8) is 0 Å². The van der Waals surface area contributed by atoms with Gasteiger partial charge in [0.15, 0.2) is 0 Å². The van der Waals surface area contributed by atoms with Gasteiger partial charge < -0.3 is 9.64 Å². The molecular weight excluding hydrogens is 238 g/mol. The van der Waals surface area contributed by atoms with Gasteiger partial charge in [0.25, 0.3) is 0 Å². The molecule has 1 aromatic rings. The number of aryl methyl sites for hydroxylation is 1. The van der Waals surface area contributed by atoms with Crippen molar-refractivity contribution in [1.29, 1.82) is 0 Å². The minimum Gasteiger partial charge on any atom is -0.378 e. The molecule has 1 amide bonds. The van der Waals surface area contributed by atoms with Gasteiger partial charge in [-0.15, -0.1) is 0 Å². The number of ether oxygens (including phenoxy) is 1. The average molecular weight is 257 g/mol. The van der Waals surface area contributed by atoms with E-state index < -0.39 is 0 Å². The minimum atomic E-state index is 0.252. The summed E-state index contributed by atoms with van der Waals surface area (Å²) >= 11 is 0. The van der Waals surface area contributed by atoms with E-state index in [0.717, 1.165) is 19.5 Å². The van der Waals surface area contributed by atoms with Crippen molar-refractivity contribution in [2.75, 3.05) is 26.3 Å². The van der Waals surface area contributed by atoms with Crippen LogP contribution in [-0.2, 0) is 16.0 Å². The molecule has 0 aromatic heterocycles. The SMILES string of the molecule is O=C(C1C2CCc3ccccc3C21)N1CCOCC1. The Bertz CT molecular complexity index is 507. The van der Waals surface area contributed by atoms with E-state index in [4.69, 9.17) is 4.74 Å². The summed E-state index contributed by atoms with van der Waals surface area (Å²) in [5.74, 6) is 1.72. The van der Waals surface area contributed by atoms with Gasteiger partial charge in [0.2, 0.25) is 5.91 Å². The van der Waals surface area contributed by atoms with Gasteiger partial charge in [-0.2, -0.15) is 0 Å². The Labute approximate surface area is 113 Å². The third-order valence-electron chi connectivity index (χ3n) is 4.94. The highest BCUT2D eigenvalue weighted by molar-refractivity contribution is 5.84. The van der Waals surface area contributed by atoms with E-state index in [2.05, 4.69) is 24.3 Å². The molecule has 1 aliphatic heterocycles. The molecule has 0 spiro atoms. The van der Waals surface area contributed by atoms with Gasteiger partial charge in [-0.05, 0) is 35.8 Å². The smallest absolute Gasteiger partial charge is 0.226 e. The first-order valence-corrected chi connectivity index (χ1v) is 7.30. The van der Waals surface area contributed by atoms with Gasteiger partial charge >= 0.3 is 0 Å². The highest BCUT2D eigenvalue weighted by Gasteiger charge is 2.57. The molecule has 1 aromatic carbocycles. The first-order chi connectivity index (χ1) is 9.36. The maximum absolute atomic E-state index is 12.6. The molecule has 0 N–H and O–H groups in total. The fourth-order valence-electron chi connectivity index (χ4n) is 3.90. The number of morpholine rings is 1. The van der Waals surface area contributed by atoms with E-state index in [1.165, 1.54) is 17.5 Å². The molecule has 3 heteroatoms. The molecule has 19 heavy (non-hydrogen) atoms. The first-order valence-electron chi connectivity index (χ1n) is 7.30. The van der Waals surface area contributed by atoms with Crippen LogP contribution in [0.4, 0.5) is 0 Å². The second-order valence-corrected chi connectivity index (χ2v) is 5.89. The minimum absolute atomic E-state index is 0.252. The molecule has 2 aliphatic carbocycles. The van der Waals surface area contributed by atoms with Crippen LogP contribution in [0.2, 0.25) is 0 Å². The van der Waals surface area contributed by atoms with Crippen molar-refractivity contribution in [1.82, 2.24) is 4.90 Å². The van der Waals surface area contributed by atoms with Gasteiger partial charge in [-0.1, -0.05) is 24.3 Å². The Morgan fingerprint density at radius 1 is 1.21 bits per heavy atom. The molecule has 1 saturated heterocycles. The van der Waals surface area contributed by atoms with Crippen LogP contribution in [0, 0.1) is 11.8 Å². The van der Waals surface area contributed by atoms with Crippen molar-refractivity contribution < 1.29 is 9.53 Å². The summed E-state index contributed by atoms with van der Waals surface area (Å²) in [6.07, 6.45) is 2.33. The summed E-state index contributed by atoms with van der Waals surface area (Å²) in [4.78, 5) is 14.6. The van der Waals surface area contributed by atoms with Crippen LogP contribution in [-0.4, -0.2) is 37.1 Å². The largest absolute Gasteiger partial charge is 0.378 e. The molecule has 3 atom stereocenters. The van der Waals surface area contributed by atoms with Crippen LogP contribution in [0.3, 0.4) is 0 Å². The van der Waals surface area contributed by atoms with Gasteiger partial charge in [0.1, 0.15) is 0 Å². The third kappa shape index (κ3) is 1.79. The number of hydrogen-bond donors (Lipinski definition) is 0. The maximum atomic E-state index is 12.6. The number of amides is 1. The van der Waals surface area contributed by atoms with Crippen molar-refractivity contribution in [2.45, 2.75) is 18.8 Å². The summed E-state index contributed by atoms with van der Waals surface area (Å²) in [7, 11) is 0. The Balaban J connectivity index is 1.55. The lowest BCUT2D eigenvalue weighted by atomic mass is 9.92. The summed E-state index contributed by atoms with van der Waals surface area (Å²) in [5.41, 5.74) is 2.89. The molecule has 2 fully saturated rings. The molecule has 3 unspecified atom stereocenters. The van der Waals surface area contributed by atoms with Crippen LogP contribution in [0.1, 0.15) is 23.5 Å². The van der Waals surface area contributed by atoms with Crippen LogP contribution in [0.5, 0.6) is 0 Å². The molecule has 1 saturated carbocycles. The Kier molecular flexibility index (Phi) is 2.62. The fraction of sp³-hybridized carbons (Fsp3) is 0.562. The first kappa shape index (κ1) is 11.5. The molecule has 0 bridgehead atoms. The summed E-state index contributed by atoms with van der Waals surface area (Å²) in [6.45, 7) is 2.95. The zero-order valence-corrected chi connectivity index (χ0v) is 11.0. The number of nitrogens with zero attached hydrogens (tertiary/aromatic N) is 1. The standard InChI is InChI=1S/C16H19NO2/c18-16(17-7-9-19-10-8-17)15-13-6-5-11-3-1-2-4-12(11)14(13)15/h1-4,13-15H,5-10H2. The number of rotatable bonds is 1. The second-order valence-electron chi connectivity index (χ2n) is 5.89. The van der Waals surface area contributed by atoms with Crippen molar-refractivity contribution in [2.24, 2.45) is 11.8 Å². The van der Waals surface area contributed by atoms with Crippen LogP contribution >= 0.6 is 0 Å². The predicted molar refractivity (Wildman–Crippen MR) is 71.9 cm³/mol. The zero-order valence-electron chi connectivity index (χ0n) is 11.0. The molecule has 3 nitrogen and oxygen atoms in total. The van der Waals surface area contributed by atoms with Gasteiger partial charge in [-0.25, -0.2) is 0 Å². The summed E-state index contributed by atoms with van der Waals surface area (Å²) < 4.78 is 5.33. The zero-order chi connectivity index (χ0) is 12.8. The Morgan fingerprint density at radius 3 is 2.84 bits per heavy atom. The van der Waals surface area contributed by atoms with E-state index >= 15 is 0 Å². The van der Waals surface area contributed by atoms with E-state index in [1.54, 1.807) is 0 Å². The van der Waals surface area contributed by atoms with Crippen molar-refractivity contribution >= 4 is 5.91 Å². The normalized spacial score (nSPS) is 32.4. The van der Waals surface area contributed by atoms with Gasteiger partial charge in [0, 0.05) is 19.0 Å². The third-order valence-corrected chi connectivity index (χ3v) is 4.94. The monoisotopic (exact) mass is 257 g/mol. The van der Waals surface area contributed by atoms with Gasteiger partial charge in [-0.3, -0.25) is 4.79 Å². The molecule has 1 heterocycles. The number of benzene rings is 1. The Morgan fingerprint density at radius 2 is 2.00 bits per heavy atom. The van der Waals surface area contributed by atoms with E-state index in [9.17, 15) is 4.79 Å². The highest BCUT2D eigenvalue weighted by Crippen LogP contribution is 2.60. The van der Waals surface area contributed by atoms with E-state index in [0.29, 0.717) is 31.0 Å². The van der Waals surface area contributed by atoms with Crippen molar-refractivity contribution in [3.05, 3.63) is 35.4 Å². The summed E-state index contributed by atoms with van der Waals surface area (Å²) in [6, 6.07) is 8.66. The van der Waals surface area contributed by atoms with Crippen molar-refractivity contribution in [3.8, 4) is 0 Å². The topological polar surface area (TPSA) is 29.5 Å². The lowest BCUT2D eigenvalue weighted by molar-refractivity contribution is -0.137. The molecule has 0 radical (unpaired) electrons. The highest BCUT2D eigenvalue weighted by atomic mass is 16.5. The number of carbonyl (C=O) groups is 1. The molecule has 3 aliphatic rings. The van der Waals surface area contributed by atoms with Crippen LogP contribution in [0.15, 0.2) is 24.3 Å². The number of fused-ring (bicyclic) bond motifs is 3. The van der Waals surface area contributed by atoms with Gasteiger partial charge in [0.05, 0.1) is 13.2 Å². The molecular formula is C16H19NO2. The quantitative estimate of drug-likeness (QED) is 0.768. The Hall–Kier alpha value is -1.35. The fourth-order valence-corrected chi connectivity index (χ4v) is 3.90. The van der Waals surface area contributed by atoms with E-state index in [-0.39, 0.29) is 5.92 Å². The lowest BCUT2D eigenvalue weighted by Gasteiger charge is -2.27. The van der Waals surface area contributed by atoms with Crippen LogP contribution < -0.4 is 0 Å². The predicted octanol–water partition coefficient (Wildman–Crippen LogP) is 1.82. The van der Waals surface area contributed by atoms with Crippen LogP contribution in [0.25, 0.3) is 0 Å². The summed E-state index contributed by atoms with van der Waals surface area (Å²) in [5, 5.41) is 0. The maximum Gasteiger partial charge on any atom is 0.226 e. The number of carbonyl (C=O) groups excluding carboxylic acids is 1. The molecule has 100 valence electrons. The molecule has 4 rings (SSSR count). The second kappa shape index (κ2) is 4.34. The average Bonchev–Trinajstić information content (AvgIpc) is 3.22. The van der Waals surface area contributed by atoms with E-state index in [1.807, 2.05) is 4.90 Å².